The van der Waals surface area contributed by atoms with Crippen LogP contribution in [0.3, 0.4) is 0 Å². The Kier molecular flexibility index (Phi) is 7.03. The quantitative estimate of drug-likeness (QED) is 0.672. The Morgan fingerprint density at radius 2 is 1.70 bits per heavy atom. The average Bonchev–Trinajstić information content (AvgIpc) is 2.18. The number of hydrogen-bond donors (Lipinski definition) is 3. The minimum Gasteiger partial charge on any atom is -0.480 e. The van der Waals surface area contributed by atoms with Crippen LogP contribution in [0.15, 0.2) is 0 Å². The van der Waals surface area contributed by atoms with Gasteiger partial charge in [0.2, 0.25) is 0 Å². The monoisotopic (exact) mass is 286 g/mol. The van der Waals surface area contributed by atoms with Gasteiger partial charge >= 0.3 is 12.0 Å². The molecule has 5 heteroatoms. The number of aliphatic carboxylic acids is 1. The SMILES string of the molecule is CCCCC(NC(=O)NC(C)(C)CC(C)(C)C)C(=O)O. The second-order valence-corrected chi connectivity index (χ2v) is 7.25. The Hall–Kier alpha value is -1.26. The number of carboxylic acids is 1. The highest BCUT2D eigenvalue weighted by molar-refractivity contribution is 5.82. The topological polar surface area (TPSA) is 78.4 Å². The van der Waals surface area contributed by atoms with Gasteiger partial charge < -0.3 is 15.7 Å². The molecule has 0 aliphatic carbocycles. The van der Waals surface area contributed by atoms with E-state index in [2.05, 4.69) is 31.4 Å². The molecule has 0 fully saturated rings. The standard InChI is InChI=1S/C15H30N2O3/c1-7-8-9-11(12(18)19)16-13(20)17-15(5,6)10-14(2,3)4/h11H,7-10H2,1-6H3,(H,18,19)(H2,16,17,20). The van der Waals surface area contributed by atoms with E-state index >= 15 is 0 Å². The predicted molar refractivity (Wildman–Crippen MR) is 80.8 cm³/mol. The van der Waals surface area contributed by atoms with Crippen LogP contribution in [0.4, 0.5) is 4.79 Å². The van der Waals surface area contributed by atoms with Crippen LogP contribution < -0.4 is 10.6 Å². The maximum Gasteiger partial charge on any atom is 0.326 e. The lowest BCUT2D eigenvalue weighted by Crippen LogP contribution is -2.53. The molecule has 0 saturated carbocycles. The molecule has 2 amide bonds. The highest BCUT2D eigenvalue weighted by Crippen LogP contribution is 2.26. The number of carboxylic acid groups (broad SMARTS) is 1. The predicted octanol–water partition coefficient (Wildman–Crippen LogP) is 3.14. The lowest BCUT2D eigenvalue weighted by atomic mass is 9.82. The van der Waals surface area contributed by atoms with Crippen molar-refractivity contribution in [3.05, 3.63) is 0 Å². The van der Waals surface area contributed by atoms with Crippen molar-refractivity contribution >= 4 is 12.0 Å². The summed E-state index contributed by atoms with van der Waals surface area (Å²) in [4.78, 5) is 23.0. The molecule has 20 heavy (non-hydrogen) atoms. The summed E-state index contributed by atoms with van der Waals surface area (Å²) in [7, 11) is 0. The van der Waals surface area contributed by atoms with E-state index in [1.54, 1.807) is 0 Å². The van der Waals surface area contributed by atoms with Crippen molar-refractivity contribution in [2.75, 3.05) is 0 Å². The number of carbonyl (C=O) groups excluding carboxylic acids is 1. The fraction of sp³-hybridized carbons (Fsp3) is 0.867. The number of nitrogens with one attached hydrogen (secondary N) is 2. The van der Waals surface area contributed by atoms with Gasteiger partial charge in [0.15, 0.2) is 0 Å². The summed E-state index contributed by atoms with van der Waals surface area (Å²) in [5.41, 5.74) is -0.290. The van der Waals surface area contributed by atoms with Gasteiger partial charge in [-0.05, 0) is 32.1 Å². The summed E-state index contributed by atoms with van der Waals surface area (Å²) in [6, 6.07) is -1.23. The van der Waals surface area contributed by atoms with Crippen LogP contribution in [-0.2, 0) is 4.79 Å². The Bertz CT molecular complexity index is 333. The van der Waals surface area contributed by atoms with Gasteiger partial charge in [0.1, 0.15) is 6.04 Å². The van der Waals surface area contributed by atoms with E-state index in [1.165, 1.54) is 0 Å². The third-order valence-electron chi connectivity index (χ3n) is 2.87. The van der Waals surface area contributed by atoms with E-state index in [0.29, 0.717) is 6.42 Å². The summed E-state index contributed by atoms with van der Waals surface area (Å²) in [6.07, 6.45) is 2.95. The molecule has 0 aliphatic heterocycles. The van der Waals surface area contributed by atoms with E-state index in [4.69, 9.17) is 5.11 Å². The molecular weight excluding hydrogens is 256 g/mol. The number of unbranched alkanes of at least 4 members (excludes halogenated alkanes) is 1. The molecule has 0 rings (SSSR count). The Morgan fingerprint density at radius 1 is 1.15 bits per heavy atom. The van der Waals surface area contributed by atoms with Crippen LogP contribution in [0.1, 0.15) is 67.2 Å². The van der Waals surface area contributed by atoms with Crippen LogP contribution >= 0.6 is 0 Å². The van der Waals surface area contributed by atoms with Crippen molar-refractivity contribution in [1.29, 1.82) is 0 Å². The molecule has 0 aromatic rings. The van der Waals surface area contributed by atoms with Gasteiger partial charge in [0.05, 0.1) is 0 Å². The molecule has 0 aromatic carbocycles. The number of rotatable bonds is 7. The minimum atomic E-state index is -0.984. The second kappa shape index (κ2) is 7.50. The first kappa shape index (κ1) is 18.7. The molecule has 0 aliphatic rings. The minimum absolute atomic E-state index is 0.0885. The summed E-state index contributed by atoms with van der Waals surface area (Å²) < 4.78 is 0. The largest absolute Gasteiger partial charge is 0.480 e. The maximum atomic E-state index is 11.9. The van der Waals surface area contributed by atoms with E-state index in [-0.39, 0.29) is 11.0 Å². The molecule has 0 heterocycles. The molecule has 3 N–H and O–H groups in total. The van der Waals surface area contributed by atoms with Gasteiger partial charge in [-0.25, -0.2) is 9.59 Å². The van der Waals surface area contributed by atoms with Crippen LogP contribution in [0, 0.1) is 5.41 Å². The Morgan fingerprint density at radius 3 is 2.10 bits per heavy atom. The lowest BCUT2D eigenvalue weighted by Gasteiger charge is -2.33. The Labute approximate surface area is 122 Å². The highest BCUT2D eigenvalue weighted by atomic mass is 16.4. The molecule has 1 unspecified atom stereocenters. The van der Waals surface area contributed by atoms with Gasteiger partial charge in [-0.15, -0.1) is 0 Å². The maximum absolute atomic E-state index is 11.9. The lowest BCUT2D eigenvalue weighted by molar-refractivity contribution is -0.139. The van der Waals surface area contributed by atoms with Gasteiger partial charge in [-0.3, -0.25) is 0 Å². The number of amides is 2. The Balaban J connectivity index is 4.48. The first-order chi connectivity index (χ1) is 8.97. The van der Waals surface area contributed by atoms with E-state index < -0.39 is 18.0 Å². The van der Waals surface area contributed by atoms with Gasteiger partial charge in [-0.1, -0.05) is 40.5 Å². The van der Waals surface area contributed by atoms with Gasteiger partial charge in [0.25, 0.3) is 0 Å². The number of carbonyl (C=O) groups is 2. The zero-order valence-corrected chi connectivity index (χ0v) is 13.7. The van der Waals surface area contributed by atoms with Crippen LogP contribution in [0.2, 0.25) is 0 Å². The number of urea groups is 1. The van der Waals surface area contributed by atoms with Crippen molar-refractivity contribution in [3.63, 3.8) is 0 Å². The first-order valence-electron chi connectivity index (χ1n) is 7.28. The van der Waals surface area contributed by atoms with Crippen molar-refractivity contribution in [2.45, 2.75) is 78.8 Å². The van der Waals surface area contributed by atoms with Crippen molar-refractivity contribution < 1.29 is 14.7 Å². The molecule has 0 saturated heterocycles. The van der Waals surface area contributed by atoms with Crippen LogP contribution in [-0.4, -0.2) is 28.7 Å². The normalized spacial score (nSPS) is 13.7. The summed E-state index contributed by atoms with van der Waals surface area (Å²) in [6.45, 7) is 12.2. The second-order valence-electron chi connectivity index (χ2n) is 7.25. The van der Waals surface area contributed by atoms with E-state index in [1.807, 2.05) is 20.8 Å². The van der Waals surface area contributed by atoms with Crippen molar-refractivity contribution in [3.8, 4) is 0 Å². The van der Waals surface area contributed by atoms with Gasteiger partial charge in [0, 0.05) is 5.54 Å². The van der Waals surface area contributed by atoms with Crippen LogP contribution in [0.25, 0.3) is 0 Å². The summed E-state index contributed by atoms with van der Waals surface area (Å²) >= 11 is 0. The molecule has 118 valence electrons. The smallest absolute Gasteiger partial charge is 0.326 e. The number of hydrogen-bond acceptors (Lipinski definition) is 2. The van der Waals surface area contributed by atoms with E-state index in [9.17, 15) is 9.59 Å². The third kappa shape index (κ3) is 8.77. The zero-order valence-electron chi connectivity index (χ0n) is 13.7. The van der Waals surface area contributed by atoms with Gasteiger partial charge in [-0.2, -0.15) is 0 Å². The van der Waals surface area contributed by atoms with E-state index in [0.717, 1.165) is 19.3 Å². The molecule has 0 spiro atoms. The zero-order chi connectivity index (χ0) is 16.0. The molecular formula is C15H30N2O3. The molecule has 0 aromatic heterocycles. The van der Waals surface area contributed by atoms with Crippen molar-refractivity contribution in [2.24, 2.45) is 5.41 Å². The van der Waals surface area contributed by atoms with Crippen molar-refractivity contribution in [1.82, 2.24) is 10.6 Å². The average molecular weight is 286 g/mol. The fourth-order valence-corrected chi connectivity index (χ4v) is 2.54. The molecule has 0 bridgehead atoms. The molecule has 0 radical (unpaired) electrons. The fourth-order valence-electron chi connectivity index (χ4n) is 2.54. The van der Waals surface area contributed by atoms with Crippen LogP contribution in [0.5, 0.6) is 0 Å². The highest BCUT2D eigenvalue weighted by Gasteiger charge is 2.28. The molecule has 5 nitrogen and oxygen atoms in total. The summed E-state index contributed by atoms with van der Waals surface area (Å²) in [5.74, 6) is -0.984. The first-order valence-corrected chi connectivity index (χ1v) is 7.28. The third-order valence-corrected chi connectivity index (χ3v) is 2.87. The summed E-state index contributed by atoms with van der Waals surface area (Å²) in [5, 5.41) is 14.5. The molecule has 1 atom stereocenters.